The molecule has 0 aliphatic heterocycles. The van der Waals surface area contributed by atoms with Gasteiger partial charge in [0.2, 0.25) is 5.89 Å². The number of hydrogen-bond acceptors (Lipinski definition) is 4. The summed E-state index contributed by atoms with van der Waals surface area (Å²) in [6, 6.07) is 7.50. The molecule has 1 aromatic carbocycles. The minimum Gasteiger partial charge on any atom is -0.446 e. The van der Waals surface area contributed by atoms with Gasteiger partial charge in [0.05, 0.1) is 6.04 Å². The maximum absolute atomic E-state index is 12.2. The summed E-state index contributed by atoms with van der Waals surface area (Å²) in [5, 5.41) is 2.82. The lowest BCUT2D eigenvalue weighted by Gasteiger charge is -2.09. The molecule has 23 heavy (non-hydrogen) atoms. The van der Waals surface area contributed by atoms with E-state index in [-0.39, 0.29) is 17.6 Å². The number of nitrogens with zero attached hydrogens (tertiary/aromatic N) is 1. The topological polar surface area (TPSA) is 81.1 Å². The summed E-state index contributed by atoms with van der Waals surface area (Å²) < 4.78 is 5.34. The first-order chi connectivity index (χ1) is 10.9. The summed E-state index contributed by atoms with van der Waals surface area (Å²) in [6.07, 6.45) is 2.12. The third-order valence-corrected chi connectivity index (χ3v) is 3.63. The van der Waals surface area contributed by atoms with Gasteiger partial charge in [0.1, 0.15) is 6.26 Å². The van der Waals surface area contributed by atoms with Crippen molar-refractivity contribution in [3.63, 3.8) is 0 Å². The van der Waals surface area contributed by atoms with Crippen molar-refractivity contribution in [1.29, 1.82) is 0 Å². The van der Waals surface area contributed by atoms with E-state index in [2.05, 4.69) is 38.0 Å². The molecule has 0 spiro atoms. The molecular weight excluding hydrogens is 290 g/mol. The number of carbonyl (C=O) groups is 1. The number of oxazole rings is 1. The van der Waals surface area contributed by atoms with Crippen LogP contribution in [0.2, 0.25) is 0 Å². The molecule has 0 bridgehead atoms. The first kappa shape index (κ1) is 17.2. The van der Waals surface area contributed by atoms with Crippen LogP contribution in [0, 0.1) is 5.92 Å². The summed E-state index contributed by atoms with van der Waals surface area (Å²) in [6.45, 7) is 8.42. The zero-order chi connectivity index (χ0) is 17.0. The molecule has 5 heteroatoms. The van der Waals surface area contributed by atoms with E-state index < -0.39 is 0 Å². The van der Waals surface area contributed by atoms with Gasteiger partial charge in [0.15, 0.2) is 5.69 Å². The fraction of sp³-hybridized carbons (Fsp3) is 0.444. The van der Waals surface area contributed by atoms with Gasteiger partial charge in [-0.2, -0.15) is 0 Å². The molecule has 1 heterocycles. The van der Waals surface area contributed by atoms with Crippen molar-refractivity contribution in [2.45, 2.75) is 46.1 Å². The van der Waals surface area contributed by atoms with E-state index in [4.69, 9.17) is 10.2 Å². The lowest BCUT2D eigenvalue weighted by atomic mass is 10.0. The Balaban J connectivity index is 2.02. The molecule has 0 radical (unpaired) electrons. The van der Waals surface area contributed by atoms with Gasteiger partial charge in [0.25, 0.3) is 5.91 Å². The number of hydrogen-bond donors (Lipinski definition) is 2. The molecule has 0 aliphatic carbocycles. The highest BCUT2D eigenvalue weighted by Crippen LogP contribution is 2.20. The molecule has 1 amide bonds. The highest BCUT2D eigenvalue weighted by Gasteiger charge is 2.18. The number of nitrogens with one attached hydrogen (secondary N) is 1. The number of anilines is 1. The van der Waals surface area contributed by atoms with Crippen molar-refractivity contribution >= 4 is 11.6 Å². The molecule has 0 aliphatic rings. The van der Waals surface area contributed by atoms with Crippen molar-refractivity contribution in [3.8, 4) is 0 Å². The molecule has 1 unspecified atom stereocenters. The predicted molar refractivity (Wildman–Crippen MR) is 91.4 cm³/mol. The summed E-state index contributed by atoms with van der Waals surface area (Å²) in [7, 11) is 0. The van der Waals surface area contributed by atoms with Gasteiger partial charge in [-0.3, -0.25) is 4.79 Å². The molecule has 1 atom stereocenters. The van der Waals surface area contributed by atoms with Gasteiger partial charge in [0, 0.05) is 5.69 Å². The Morgan fingerprint density at radius 1 is 1.22 bits per heavy atom. The Hall–Kier alpha value is -2.14. The minimum absolute atomic E-state index is 0.243. The van der Waals surface area contributed by atoms with E-state index in [9.17, 15) is 4.79 Å². The van der Waals surface area contributed by atoms with Crippen molar-refractivity contribution in [2.24, 2.45) is 11.7 Å². The van der Waals surface area contributed by atoms with E-state index in [0.29, 0.717) is 17.7 Å². The first-order valence-electron chi connectivity index (χ1n) is 7.99. The zero-order valence-corrected chi connectivity index (χ0v) is 14.2. The van der Waals surface area contributed by atoms with Crippen LogP contribution in [0.1, 0.15) is 68.0 Å². The fourth-order valence-electron chi connectivity index (χ4n) is 2.32. The lowest BCUT2D eigenvalue weighted by Crippen LogP contribution is -2.15. The van der Waals surface area contributed by atoms with Gasteiger partial charge in [-0.1, -0.05) is 39.8 Å². The quantitative estimate of drug-likeness (QED) is 0.841. The maximum atomic E-state index is 12.2. The predicted octanol–water partition coefficient (Wildman–Crippen LogP) is 4.10. The summed E-state index contributed by atoms with van der Waals surface area (Å²) in [5.74, 6) is 1.00. The normalized spacial score (nSPS) is 12.7. The third kappa shape index (κ3) is 4.66. The highest BCUT2D eigenvalue weighted by atomic mass is 16.3. The maximum Gasteiger partial charge on any atom is 0.277 e. The van der Waals surface area contributed by atoms with Gasteiger partial charge >= 0.3 is 0 Å². The van der Waals surface area contributed by atoms with Crippen LogP contribution in [0.3, 0.4) is 0 Å². The molecule has 0 saturated heterocycles. The Kier molecular flexibility index (Phi) is 5.55. The van der Waals surface area contributed by atoms with E-state index in [1.807, 2.05) is 24.3 Å². The molecule has 124 valence electrons. The average molecular weight is 315 g/mol. The molecule has 0 fully saturated rings. The van der Waals surface area contributed by atoms with Crippen molar-refractivity contribution in [3.05, 3.63) is 47.7 Å². The van der Waals surface area contributed by atoms with Gasteiger partial charge < -0.3 is 15.5 Å². The van der Waals surface area contributed by atoms with E-state index in [0.717, 1.165) is 12.1 Å². The summed E-state index contributed by atoms with van der Waals surface area (Å²) in [5.41, 5.74) is 8.22. The second kappa shape index (κ2) is 7.42. The Labute approximate surface area is 137 Å². The lowest BCUT2D eigenvalue weighted by molar-refractivity contribution is 0.102. The van der Waals surface area contributed by atoms with Crippen molar-refractivity contribution < 1.29 is 9.21 Å². The number of nitrogens with two attached hydrogens (primary N) is 1. The van der Waals surface area contributed by atoms with Crippen LogP contribution in [-0.4, -0.2) is 10.9 Å². The molecular formula is C18H25N3O2. The molecule has 5 nitrogen and oxygen atoms in total. The van der Waals surface area contributed by atoms with E-state index in [1.165, 1.54) is 11.8 Å². The summed E-state index contributed by atoms with van der Waals surface area (Å²) >= 11 is 0. The SMILES string of the molecule is CC(C)CC(N)c1nc(C(=O)Nc2ccc(C(C)C)cc2)co1. The third-order valence-electron chi connectivity index (χ3n) is 3.63. The van der Waals surface area contributed by atoms with Gasteiger partial charge in [-0.05, 0) is 36.0 Å². The van der Waals surface area contributed by atoms with Crippen LogP contribution in [0.15, 0.2) is 34.9 Å². The second-order valence-electron chi connectivity index (χ2n) is 6.54. The summed E-state index contributed by atoms with van der Waals surface area (Å²) in [4.78, 5) is 16.4. The number of rotatable bonds is 6. The first-order valence-corrected chi connectivity index (χ1v) is 7.99. The van der Waals surface area contributed by atoms with E-state index >= 15 is 0 Å². The molecule has 3 N–H and O–H groups in total. The van der Waals surface area contributed by atoms with Crippen molar-refractivity contribution in [1.82, 2.24) is 4.98 Å². The molecule has 2 aromatic rings. The number of amides is 1. The van der Waals surface area contributed by atoms with Crippen LogP contribution in [-0.2, 0) is 0 Å². The molecule has 0 saturated carbocycles. The molecule has 2 rings (SSSR count). The largest absolute Gasteiger partial charge is 0.446 e. The van der Waals surface area contributed by atoms with Crippen LogP contribution in [0.25, 0.3) is 0 Å². The van der Waals surface area contributed by atoms with E-state index in [1.54, 1.807) is 0 Å². The van der Waals surface area contributed by atoms with Crippen LogP contribution in [0.5, 0.6) is 0 Å². The zero-order valence-electron chi connectivity index (χ0n) is 14.2. The van der Waals surface area contributed by atoms with Crippen LogP contribution >= 0.6 is 0 Å². The standard InChI is InChI=1S/C18H25N3O2/c1-11(2)9-15(19)18-21-16(10-23-18)17(22)20-14-7-5-13(6-8-14)12(3)4/h5-8,10-12,15H,9,19H2,1-4H3,(H,20,22). The smallest absolute Gasteiger partial charge is 0.277 e. The molecule has 1 aromatic heterocycles. The Morgan fingerprint density at radius 3 is 2.43 bits per heavy atom. The van der Waals surface area contributed by atoms with Crippen molar-refractivity contribution in [2.75, 3.05) is 5.32 Å². The van der Waals surface area contributed by atoms with Gasteiger partial charge in [-0.15, -0.1) is 0 Å². The number of aromatic nitrogens is 1. The van der Waals surface area contributed by atoms with Gasteiger partial charge in [-0.25, -0.2) is 4.98 Å². The Morgan fingerprint density at radius 2 is 1.87 bits per heavy atom. The second-order valence-corrected chi connectivity index (χ2v) is 6.54. The highest BCUT2D eigenvalue weighted by molar-refractivity contribution is 6.02. The number of benzene rings is 1. The average Bonchev–Trinajstić information content (AvgIpc) is 2.97. The van der Waals surface area contributed by atoms with Crippen LogP contribution in [0.4, 0.5) is 5.69 Å². The van der Waals surface area contributed by atoms with Crippen LogP contribution < -0.4 is 11.1 Å². The number of carbonyl (C=O) groups excluding carboxylic acids is 1. The fourth-order valence-corrected chi connectivity index (χ4v) is 2.32. The Bertz CT molecular complexity index is 645. The minimum atomic E-state index is -0.297. The monoisotopic (exact) mass is 315 g/mol.